The van der Waals surface area contributed by atoms with Gasteiger partial charge in [0, 0.05) is 0 Å². The van der Waals surface area contributed by atoms with Crippen molar-refractivity contribution in [2.45, 2.75) is 149 Å². The maximum absolute atomic E-state index is 10.9. The van der Waals surface area contributed by atoms with Crippen molar-refractivity contribution in [2.75, 3.05) is 0 Å². The van der Waals surface area contributed by atoms with Crippen molar-refractivity contribution in [1.82, 2.24) is 0 Å². The monoisotopic (exact) mass is 602 g/mol. The van der Waals surface area contributed by atoms with Gasteiger partial charge in [-0.25, -0.2) is 0 Å². The molecule has 1 aliphatic rings. The van der Waals surface area contributed by atoms with Gasteiger partial charge in [0.1, 0.15) is 0 Å². The van der Waals surface area contributed by atoms with Gasteiger partial charge in [-0.05, 0) is 11.8 Å². The van der Waals surface area contributed by atoms with Crippen LogP contribution in [0.2, 0.25) is 4.47 Å². The summed E-state index contributed by atoms with van der Waals surface area (Å²) >= 11 is -0.358. The molecule has 2 nitrogen and oxygen atoms in total. The van der Waals surface area contributed by atoms with Crippen LogP contribution in [0.5, 0.6) is 11.5 Å². The third-order valence-corrected chi connectivity index (χ3v) is 11.9. The summed E-state index contributed by atoms with van der Waals surface area (Å²) in [5, 5.41) is 10.9. The summed E-state index contributed by atoms with van der Waals surface area (Å²) in [7, 11) is 0. The van der Waals surface area contributed by atoms with E-state index in [0.717, 1.165) is 48.3 Å². The molecule has 3 atom stereocenters. The van der Waals surface area contributed by atoms with Gasteiger partial charge in [0.05, 0.1) is 0 Å². The fourth-order valence-corrected chi connectivity index (χ4v) is 9.12. The molecule has 0 aromatic heterocycles. The topological polar surface area (TPSA) is 29.5 Å². The number of ether oxygens (including phenoxy) is 1. The molecule has 35 heavy (non-hydrogen) atoms. The number of phenols is 1. The Bertz CT molecular complexity index is 772. The molecule has 202 valence electrons. The predicted octanol–water partition coefficient (Wildman–Crippen LogP) is 9.08. The van der Waals surface area contributed by atoms with Gasteiger partial charge in [-0.3, -0.25) is 0 Å². The first-order valence-corrected chi connectivity index (χ1v) is 17.6. The summed E-state index contributed by atoms with van der Waals surface area (Å²) < 4.78 is 9.30. The number of rotatable bonds is 16. The minimum absolute atomic E-state index is 0.0624. The average molecular weight is 600 g/mol. The summed E-state index contributed by atoms with van der Waals surface area (Å²) in [4.78, 5) is 0. The van der Waals surface area contributed by atoms with Crippen molar-refractivity contribution in [2.24, 2.45) is 17.8 Å². The molecule has 0 aliphatic carbocycles. The number of fused-ring (bicyclic) bond motifs is 1. The Morgan fingerprint density at radius 2 is 1.49 bits per heavy atom. The van der Waals surface area contributed by atoms with E-state index >= 15 is 0 Å². The first-order valence-electron chi connectivity index (χ1n) is 14.7. The third kappa shape index (κ3) is 9.78. The zero-order valence-corrected chi connectivity index (χ0v) is 26.7. The first-order chi connectivity index (χ1) is 16.6. The zero-order chi connectivity index (χ0) is 26.0. The van der Waals surface area contributed by atoms with E-state index in [2.05, 4.69) is 55.4 Å². The molecule has 0 radical (unpaired) electrons. The van der Waals surface area contributed by atoms with Crippen molar-refractivity contribution < 1.29 is 9.84 Å². The van der Waals surface area contributed by atoms with Crippen LogP contribution in [0.4, 0.5) is 0 Å². The summed E-state index contributed by atoms with van der Waals surface area (Å²) in [5.74, 6) is 4.24. The Balaban J connectivity index is 1.83. The Labute approximate surface area is 228 Å². The number of phenolic OH excluding ortho intramolecular Hbond substituents is 1. The molecule has 0 saturated carbocycles. The van der Waals surface area contributed by atoms with Crippen LogP contribution in [0.25, 0.3) is 0 Å². The van der Waals surface area contributed by atoms with Gasteiger partial charge in [0.15, 0.2) is 0 Å². The maximum atomic E-state index is 10.9. The fraction of sp³-hybridized carbons (Fsp3) is 0.812. The second-order valence-corrected chi connectivity index (χ2v) is 15.5. The van der Waals surface area contributed by atoms with Gasteiger partial charge in [-0.1, -0.05) is 40.0 Å². The van der Waals surface area contributed by atoms with Crippen molar-refractivity contribution in [1.29, 1.82) is 0 Å². The molecule has 0 saturated heterocycles. The van der Waals surface area contributed by atoms with Gasteiger partial charge in [-0.2, -0.15) is 0 Å². The standard InChI is InChI=1S/C32H56O2Te/c1-9-10-22-35-31-27(7)30-28(26(6)29(31)33)19-21-32(8,34-30)20-13-18-25(5)17-12-16-24(4)15-11-14-23(2)3/h23-25,33H,9-22H2,1-8H3/t24-,25-,32-/m1/s1. The van der Waals surface area contributed by atoms with E-state index in [4.69, 9.17) is 4.74 Å². The van der Waals surface area contributed by atoms with E-state index < -0.39 is 0 Å². The molecule has 0 amide bonds. The molecule has 0 fully saturated rings. The van der Waals surface area contributed by atoms with Crippen LogP contribution >= 0.6 is 0 Å². The second kappa shape index (κ2) is 15.1. The third-order valence-electron chi connectivity index (χ3n) is 8.25. The van der Waals surface area contributed by atoms with Gasteiger partial charge in [-0.15, -0.1) is 0 Å². The fourth-order valence-electron chi connectivity index (χ4n) is 5.59. The Hall–Kier alpha value is -0.390. The average Bonchev–Trinajstić information content (AvgIpc) is 2.79. The minimum atomic E-state index is -0.358. The van der Waals surface area contributed by atoms with Crippen LogP contribution in [-0.2, 0) is 6.42 Å². The van der Waals surface area contributed by atoms with E-state index in [1.807, 2.05) is 0 Å². The molecule has 1 N–H and O–H groups in total. The molecular weight excluding hydrogens is 544 g/mol. The normalized spacial score (nSPS) is 19.5. The second-order valence-electron chi connectivity index (χ2n) is 12.3. The van der Waals surface area contributed by atoms with Crippen LogP contribution in [-0.4, -0.2) is 31.6 Å². The SMILES string of the molecule is CCCC[Te]c1c(C)c2c(c(C)c1O)CC[C@@](C)(CCC[C@H](C)CCC[C@H](C)CCCC(C)C)O2. The number of aromatic hydroxyl groups is 1. The summed E-state index contributed by atoms with van der Waals surface area (Å²) in [5.41, 5.74) is 3.52. The van der Waals surface area contributed by atoms with Crippen LogP contribution < -0.4 is 8.35 Å². The van der Waals surface area contributed by atoms with E-state index in [1.165, 1.54) is 83.4 Å². The summed E-state index contributed by atoms with van der Waals surface area (Å²) in [6, 6.07) is 0. The number of hydrogen-bond acceptors (Lipinski definition) is 2. The molecular formula is C32H56O2Te. The van der Waals surface area contributed by atoms with Gasteiger partial charge >= 0.3 is 177 Å². The van der Waals surface area contributed by atoms with Crippen molar-refractivity contribution >= 4 is 24.5 Å². The number of hydrogen-bond donors (Lipinski definition) is 1. The zero-order valence-electron chi connectivity index (χ0n) is 24.4. The first kappa shape index (κ1) is 30.8. The van der Waals surface area contributed by atoms with Crippen molar-refractivity contribution in [3.63, 3.8) is 0 Å². The van der Waals surface area contributed by atoms with Gasteiger partial charge < -0.3 is 0 Å². The number of benzene rings is 1. The van der Waals surface area contributed by atoms with E-state index in [1.54, 1.807) is 0 Å². The van der Waals surface area contributed by atoms with Crippen molar-refractivity contribution in [3.05, 3.63) is 16.7 Å². The Morgan fingerprint density at radius 3 is 2.09 bits per heavy atom. The Morgan fingerprint density at radius 1 is 0.886 bits per heavy atom. The predicted molar refractivity (Wildman–Crippen MR) is 155 cm³/mol. The van der Waals surface area contributed by atoms with E-state index in [9.17, 15) is 5.11 Å². The quantitative estimate of drug-likeness (QED) is 0.152. The van der Waals surface area contributed by atoms with Crippen LogP contribution in [0, 0.1) is 31.6 Å². The molecule has 0 bridgehead atoms. The van der Waals surface area contributed by atoms with Crippen molar-refractivity contribution in [3.8, 4) is 11.5 Å². The van der Waals surface area contributed by atoms with Gasteiger partial charge in [0.25, 0.3) is 0 Å². The van der Waals surface area contributed by atoms with Crippen LogP contribution in [0.1, 0.15) is 135 Å². The molecule has 0 spiro atoms. The molecule has 1 aliphatic heterocycles. The Kier molecular flexibility index (Phi) is 13.3. The molecule has 3 heteroatoms. The van der Waals surface area contributed by atoms with Gasteiger partial charge in [0.2, 0.25) is 0 Å². The molecule has 0 unspecified atom stereocenters. The summed E-state index contributed by atoms with van der Waals surface area (Å²) in [6.45, 7) is 18.5. The van der Waals surface area contributed by atoms with E-state index in [0.29, 0.717) is 5.75 Å². The molecule has 2 rings (SSSR count). The molecule has 1 aromatic carbocycles. The molecule has 1 aromatic rings. The van der Waals surface area contributed by atoms with E-state index in [-0.39, 0.29) is 26.5 Å². The summed E-state index contributed by atoms with van der Waals surface area (Å²) in [6.07, 6.45) is 16.7. The number of unbranched alkanes of at least 4 members (excludes halogenated alkanes) is 1. The molecule has 1 heterocycles. The van der Waals surface area contributed by atoms with Crippen LogP contribution in [0.15, 0.2) is 0 Å². The van der Waals surface area contributed by atoms with Crippen LogP contribution in [0.3, 0.4) is 0 Å².